The summed E-state index contributed by atoms with van der Waals surface area (Å²) in [5.41, 5.74) is 3.83. The predicted octanol–water partition coefficient (Wildman–Crippen LogP) is 4.43. The molecule has 3 rings (SSSR count). The molecule has 2 aromatic rings. The minimum Gasteiger partial charge on any atom is -0.371 e. The highest BCUT2D eigenvalue weighted by molar-refractivity contribution is 7.99. The normalized spacial score (nSPS) is 15.1. The monoisotopic (exact) mass is 368 g/mol. The van der Waals surface area contributed by atoms with Crippen molar-refractivity contribution < 1.29 is 4.79 Å². The Morgan fingerprint density at radius 1 is 1.00 bits per heavy atom. The van der Waals surface area contributed by atoms with Crippen molar-refractivity contribution >= 4 is 23.4 Å². The number of aryl methyl sites for hydroxylation is 2. The van der Waals surface area contributed by atoms with Crippen LogP contribution in [0.5, 0.6) is 0 Å². The van der Waals surface area contributed by atoms with Gasteiger partial charge in [0, 0.05) is 41.9 Å². The lowest BCUT2D eigenvalue weighted by atomic mass is 9.95. The molecule has 2 aromatic carbocycles. The number of thioether (sulfide) groups is 1. The zero-order chi connectivity index (χ0) is 18.4. The van der Waals surface area contributed by atoms with E-state index in [1.807, 2.05) is 0 Å². The molecule has 0 atom stereocenters. The summed E-state index contributed by atoms with van der Waals surface area (Å²) in [7, 11) is 0. The molecule has 1 N–H and O–H groups in total. The summed E-state index contributed by atoms with van der Waals surface area (Å²) < 4.78 is 0. The lowest BCUT2D eigenvalue weighted by molar-refractivity contribution is -0.125. The number of hydrogen-bond donors (Lipinski definition) is 1. The van der Waals surface area contributed by atoms with Gasteiger partial charge in [-0.05, 0) is 51.0 Å². The van der Waals surface area contributed by atoms with Gasteiger partial charge >= 0.3 is 0 Å². The van der Waals surface area contributed by atoms with Crippen molar-refractivity contribution in [2.75, 3.05) is 30.3 Å². The average molecular weight is 369 g/mol. The summed E-state index contributed by atoms with van der Waals surface area (Å²) in [5.74, 6) is 1.29. The number of carbonyl (C=O) groups excluding carboxylic acids is 1. The quantitative estimate of drug-likeness (QED) is 0.605. The van der Waals surface area contributed by atoms with Crippen molar-refractivity contribution in [1.29, 1.82) is 0 Å². The summed E-state index contributed by atoms with van der Waals surface area (Å²) in [4.78, 5) is 16.0. The molecule has 1 saturated heterocycles. The molecule has 1 aliphatic rings. The Balaban J connectivity index is 1.37. The Morgan fingerprint density at radius 2 is 1.58 bits per heavy atom. The molecule has 138 valence electrons. The van der Waals surface area contributed by atoms with Gasteiger partial charge in [0.25, 0.3) is 0 Å². The summed E-state index contributed by atoms with van der Waals surface area (Å²) in [6, 6.07) is 17.2. The highest BCUT2D eigenvalue weighted by Gasteiger charge is 2.24. The van der Waals surface area contributed by atoms with E-state index in [1.54, 1.807) is 11.8 Å². The van der Waals surface area contributed by atoms with Crippen molar-refractivity contribution in [2.24, 2.45) is 5.92 Å². The summed E-state index contributed by atoms with van der Waals surface area (Å²) in [6.07, 6.45) is 1.87. The fourth-order valence-electron chi connectivity index (χ4n) is 3.28. The number of nitrogens with zero attached hydrogens (tertiary/aromatic N) is 1. The number of nitrogens with one attached hydrogen (secondary N) is 1. The Hall–Kier alpha value is -1.94. The molecule has 0 spiro atoms. The van der Waals surface area contributed by atoms with Gasteiger partial charge in [0.05, 0.1) is 0 Å². The molecule has 0 saturated carbocycles. The van der Waals surface area contributed by atoms with E-state index in [-0.39, 0.29) is 11.8 Å². The minimum atomic E-state index is 0.154. The first-order chi connectivity index (χ1) is 12.6. The summed E-state index contributed by atoms with van der Waals surface area (Å²) >= 11 is 1.79. The predicted molar refractivity (Wildman–Crippen MR) is 111 cm³/mol. The molecule has 1 heterocycles. The zero-order valence-corrected chi connectivity index (χ0v) is 16.5. The SMILES string of the molecule is Cc1ccc(SCCNC(=O)C2CCN(c3ccc(C)cc3)CC2)cc1. The molecular formula is C22H28N2OS. The highest BCUT2D eigenvalue weighted by atomic mass is 32.2. The molecule has 0 aromatic heterocycles. The van der Waals surface area contributed by atoms with Gasteiger partial charge in [-0.3, -0.25) is 4.79 Å². The van der Waals surface area contributed by atoms with Crippen LogP contribution in [-0.2, 0) is 4.79 Å². The maximum Gasteiger partial charge on any atom is 0.223 e. The Labute approximate surface area is 161 Å². The molecule has 3 nitrogen and oxygen atoms in total. The number of benzene rings is 2. The third kappa shape index (κ3) is 5.28. The number of anilines is 1. The van der Waals surface area contributed by atoms with Crippen LogP contribution in [0.1, 0.15) is 24.0 Å². The van der Waals surface area contributed by atoms with E-state index in [0.29, 0.717) is 0 Å². The van der Waals surface area contributed by atoms with Crippen LogP contribution < -0.4 is 10.2 Å². The van der Waals surface area contributed by atoms with Crippen molar-refractivity contribution in [3.8, 4) is 0 Å². The van der Waals surface area contributed by atoms with E-state index in [9.17, 15) is 4.79 Å². The first-order valence-corrected chi connectivity index (χ1v) is 10.4. The maximum absolute atomic E-state index is 12.4. The molecule has 26 heavy (non-hydrogen) atoms. The average Bonchev–Trinajstić information content (AvgIpc) is 2.67. The maximum atomic E-state index is 12.4. The summed E-state index contributed by atoms with van der Waals surface area (Å²) in [6.45, 7) is 6.85. The first kappa shape index (κ1) is 18.8. The van der Waals surface area contributed by atoms with Crippen LogP contribution in [0, 0.1) is 19.8 Å². The Morgan fingerprint density at radius 3 is 2.19 bits per heavy atom. The van der Waals surface area contributed by atoms with E-state index >= 15 is 0 Å². The Kier molecular flexibility index (Phi) is 6.62. The third-order valence-electron chi connectivity index (χ3n) is 4.96. The van der Waals surface area contributed by atoms with E-state index in [2.05, 4.69) is 72.6 Å². The van der Waals surface area contributed by atoms with E-state index in [4.69, 9.17) is 0 Å². The largest absolute Gasteiger partial charge is 0.371 e. The second kappa shape index (κ2) is 9.13. The number of rotatable bonds is 6. The van der Waals surface area contributed by atoms with Gasteiger partial charge < -0.3 is 10.2 Å². The van der Waals surface area contributed by atoms with Gasteiger partial charge in [0.1, 0.15) is 0 Å². The topological polar surface area (TPSA) is 32.3 Å². The van der Waals surface area contributed by atoms with Crippen LogP contribution in [0.25, 0.3) is 0 Å². The van der Waals surface area contributed by atoms with Crippen LogP contribution in [0.4, 0.5) is 5.69 Å². The smallest absolute Gasteiger partial charge is 0.223 e. The highest BCUT2D eigenvalue weighted by Crippen LogP contribution is 2.24. The van der Waals surface area contributed by atoms with Crippen LogP contribution in [0.2, 0.25) is 0 Å². The molecule has 1 fully saturated rings. The fourth-order valence-corrected chi connectivity index (χ4v) is 4.05. The molecule has 0 aliphatic carbocycles. The lowest BCUT2D eigenvalue weighted by Gasteiger charge is -2.33. The molecular weight excluding hydrogens is 340 g/mol. The van der Waals surface area contributed by atoms with E-state index in [0.717, 1.165) is 38.2 Å². The lowest BCUT2D eigenvalue weighted by Crippen LogP contribution is -2.41. The van der Waals surface area contributed by atoms with Gasteiger partial charge in [0.15, 0.2) is 0 Å². The van der Waals surface area contributed by atoms with Crippen LogP contribution >= 0.6 is 11.8 Å². The van der Waals surface area contributed by atoms with Gasteiger partial charge in [-0.1, -0.05) is 35.4 Å². The summed E-state index contributed by atoms with van der Waals surface area (Å²) in [5, 5.41) is 3.12. The molecule has 0 unspecified atom stereocenters. The van der Waals surface area contributed by atoms with Crippen molar-refractivity contribution in [3.05, 3.63) is 59.7 Å². The van der Waals surface area contributed by atoms with Crippen molar-refractivity contribution in [3.63, 3.8) is 0 Å². The standard InChI is InChI=1S/C22H28N2OS/c1-17-3-7-20(8-4-17)24-14-11-19(12-15-24)22(25)23-13-16-26-21-9-5-18(2)6-10-21/h3-10,19H,11-16H2,1-2H3,(H,23,25). The van der Waals surface area contributed by atoms with Gasteiger partial charge in [-0.15, -0.1) is 11.8 Å². The number of hydrogen-bond acceptors (Lipinski definition) is 3. The zero-order valence-electron chi connectivity index (χ0n) is 15.7. The molecule has 0 bridgehead atoms. The van der Waals surface area contributed by atoms with Crippen LogP contribution in [0.3, 0.4) is 0 Å². The number of piperidine rings is 1. The van der Waals surface area contributed by atoms with Crippen LogP contribution in [0.15, 0.2) is 53.4 Å². The minimum absolute atomic E-state index is 0.154. The molecule has 1 aliphatic heterocycles. The number of amides is 1. The van der Waals surface area contributed by atoms with Crippen molar-refractivity contribution in [2.45, 2.75) is 31.6 Å². The third-order valence-corrected chi connectivity index (χ3v) is 5.97. The van der Waals surface area contributed by atoms with Gasteiger partial charge in [-0.25, -0.2) is 0 Å². The second-order valence-corrected chi connectivity index (χ2v) is 8.22. The van der Waals surface area contributed by atoms with E-state index < -0.39 is 0 Å². The first-order valence-electron chi connectivity index (χ1n) is 9.40. The van der Waals surface area contributed by atoms with Crippen LogP contribution in [-0.4, -0.2) is 31.3 Å². The fraction of sp³-hybridized carbons (Fsp3) is 0.409. The second-order valence-electron chi connectivity index (χ2n) is 7.05. The van der Waals surface area contributed by atoms with Gasteiger partial charge in [0.2, 0.25) is 5.91 Å². The number of carbonyl (C=O) groups is 1. The van der Waals surface area contributed by atoms with Gasteiger partial charge in [-0.2, -0.15) is 0 Å². The molecule has 1 amide bonds. The van der Waals surface area contributed by atoms with Crippen molar-refractivity contribution in [1.82, 2.24) is 5.32 Å². The molecule has 0 radical (unpaired) electrons. The molecule has 4 heteroatoms. The Bertz CT molecular complexity index is 704. The van der Waals surface area contributed by atoms with E-state index in [1.165, 1.54) is 21.7 Å².